The molecule has 1 aromatic heterocycles. The molecule has 0 radical (unpaired) electrons. The van der Waals surface area contributed by atoms with Crippen molar-refractivity contribution >= 4 is 34.2 Å². The van der Waals surface area contributed by atoms with Gasteiger partial charge in [-0.3, -0.25) is 4.68 Å². The molecule has 3 nitrogen and oxygen atoms in total. The van der Waals surface area contributed by atoms with E-state index in [2.05, 4.69) is 52.0 Å². The van der Waals surface area contributed by atoms with Crippen LogP contribution in [0.5, 0.6) is 0 Å². The van der Waals surface area contributed by atoms with Crippen molar-refractivity contribution in [2.45, 2.75) is 19.4 Å². The first-order valence-corrected chi connectivity index (χ1v) is 7.13. The lowest BCUT2D eigenvalue weighted by Gasteiger charge is -2.12. The standard InChI is InChI=1S/C13H15ClIN3/c1-8-13(14)12(18(2)17-8)7-11(16)9-3-5-10(15)6-4-9/h3-6,11H,7,16H2,1-2H3. The Kier molecular flexibility index (Phi) is 4.29. The average Bonchev–Trinajstić information content (AvgIpc) is 2.57. The summed E-state index contributed by atoms with van der Waals surface area (Å²) in [5.74, 6) is 0. The number of aryl methyl sites for hydroxylation is 2. The molecule has 5 heteroatoms. The highest BCUT2D eigenvalue weighted by atomic mass is 127. The Labute approximate surface area is 125 Å². The van der Waals surface area contributed by atoms with Gasteiger partial charge >= 0.3 is 0 Å². The Bertz CT molecular complexity index is 548. The van der Waals surface area contributed by atoms with E-state index < -0.39 is 0 Å². The average molecular weight is 376 g/mol. The minimum atomic E-state index is -0.0608. The molecule has 0 aliphatic carbocycles. The van der Waals surface area contributed by atoms with Gasteiger partial charge in [-0.05, 0) is 47.2 Å². The van der Waals surface area contributed by atoms with E-state index in [1.54, 1.807) is 0 Å². The molecule has 0 amide bonds. The topological polar surface area (TPSA) is 43.8 Å². The lowest BCUT2D eigenvalue weighted by atomic mass is 10.0. The fourth-order valence-electron chi connectivity index (χ4n) is 1.94. The fourth-order valence-corrected chi connectivity index (χ4v) is 2.53. The highest BCUT2D eigenvalue weighted by Gasteiger charge is 2.15. The zero-order chi connectivity index (χ0) is 13.3. The molecule has 1 atom stereocenters. The molecular weight excluding hydrogens is 361 g/mol. The van der Waals surface area contributed by atoms with Crippen molar-refractivity contribution in [1.82, 2.24) is 9.78 Å². The van der Waals surface area contributed by atoms with Gasteiger partial charge in [0.15, 0.2) is 0 Å². The SMILES string of the molecule is Cc1nn(C)c(CC(N)c2ccc(I)cc2)c1Cl. The maximum Gasteiger partial charge on any atom is 0.0847 e. The smallest absolute Gasteiger partial charge is 0.0847 e. The van der Waals surface area contributed by atoms with Gasteiger partial charge in [0.25, 0.3) is 0 Å². The Morgan fingerprint density at radius 1 is 1.39 bits per heavy atom. The van der Waals surface area contributed by atoms with Crippen LogP contribution in [0.1, 0.15) is 23.0 Å². The summed E-state index contributed by atoms with van der Waals surface area (Å²) in [6.07, 6.45) is 0.691. The van der Waals surface area contributed by atoms with E-state index in [1.807, 2.05) is 18.7 Å². The number of rotatable bonds is 3. The molecule has 0 aliphatic heterocycles. The summed E-state index contributed by atoms with van der Waals surface area (Å²) in [6.45, 7) is 1.90. The van der Waals surface area contributed by atoms with Gasteiger partial charge in [0.2, 0.25) is 0 Å². The van der Waals surface area contributed by atoms with Crippen LogP contribution in [0.15, 0.2) is 24.3 Å². The maximum absolute atomic E-state index is 6.23. The zero-order valence-corrected chi connectivity index (χ0v) is 13.2. The first-order chi connectivity index (χ1) is 8.49. The van der Waals surface area contributed by atoms with Crippen molar-refractivity contribution in [3.63, 3.8) is 0 Å². The van der Waals surface area contributed by atoms with E-state index in [0.717, 1.165) is 22.0 Å². The molecule has 0 saturated carbocycles. The quantitative estimate of drug-likeness (QED) is 0.837. The van der Waals surface area contributed by atoms with Crippen LogP contribution >= 0.6 is 34.2 Å². The summed E-state index contributed by atoms with van der Waals surface area (Å²) < 4.78 is 3.02. The molecule has 2 aromatic rings. The van der Waals surface area contributed by atoms with Crippen molar-refractivity contribution in [2.75, 3.05) is 0 Å². The summed E-state index contributed by atoms with van der Waals surface area (Å²) in [4.78, 5) is 0. The third-order valence-electron chi connectivity index (χ3n) is 2.97. The normalized spacial score (nSPS) is 12.7. The largest absolute Gasteiger partial charge is 0.324 e. The van der Waals surface area contributed by atoms with Crippen LogP contribution < -0.4 is 5.73 Å². The van der Waals surface area contributed by atoms with E-state index in [0.29, 0.717) is 6.42 Å². The van der Waals surface area contributed by atoms with Gasteiger partial charge in [-0.15, -0.1) is 0 Å². The van der Waals surface area contributed by atoms with Gasteiger partial charge < -0.3 is 5.73 Å². The number of nitrogens with zero attached hydrogens (tertiary/aromatic N) is 2. The van der Waals surface area contributed by atoms with Gasteiger partial charge in [-0.25, -0.2) is 0 Å². The highest BCUT2D eigenvalue weighted by molar-refractivity contribution is 14.1. The van der Waals surface area contributed by atoms with Gasteiger partial charge in [0.1, 0.15) is 0 Å². The Morgan fingerprint density at radius 3 is 2.50 bits per heavy atom. The lowest BCUT2D eigenvalue weighted by Crippen LogP contribution is -2.15. The van der Waals surface area contributed by atoms with Crippen molar-refractivity contribution < 1.29 is 0 Å². The molecule has 18 heavy (non-hydrogen) atoms. The number of hydrogen-bond acceptors (Lipinski definition) is 2. The first-order valence-electron chi connectivity index (χ1n) is 5.68. The fraction of sp³-hybridized carbons (Fsp3) is 0.308. The molecule has 0 fully saturated rings. The van der Waals surface area contributed by atoms with Crippen LogP contribution in [0, 0.1) is 10.5 Å². The summed E-state index contributed by atoms with van der Waals surface area (Å²) in [5, 5.41) is 5.02. The monoisotopic (exact) mass is 375 g/mol. The zero-order valence-electron chi connectivity index (χ0n) is 10.3. The minimum Gasteiger partial charge on any atom is -0.324 e. The van der Waals surface area contributed by atoms with Gasteiger partial charge in [0, 0.05) is 23.1 Å². The minimum absolute atomic E-state index is 0.0608. The molecule has 2 N–H and O–H groups in total. The van der Waals surface area contributed by atoms with Crippen LogP contribution in [0.2, 0.25) is 5.02 Å². The second-order valence-corrected chi connectivity index (χ2v) is 5.96. The molecular formula is C13H15ClIN3. The number of hydrogen-bond donors (Lipinski definition) is 1. The van der Waals surface area contributed by atoms with Gasteiger partial charge in [-0.1, -0.05) is 23.7 Å². The predicted octanol–water partition coefficient (Wildman–Crippen LogP) is 3.23. The number of nitrogens with two attached hydrogens (primary N) is 1. The summed E-state index contributed by atoms with van der Waals surface area (Å²) >= 11 is 8.51. The van der Waals surface area contributed by atoms with Crippen molar-refractivity contribution in [1.29, 1.82) is 0 Å². The van der Waals surface area contributed by atoms with Gasteiger partial charge in [0.05, 0.1) is 16.4 Å². The first kappa shape index (κ1) is 13.8. The second-order valence-electron chi connectivity index (χ2n) is 4.33. The van der Waals surface area contributed by atoms with E-state index in [9.17, 15) is 0 Å². The molecule has 1 unspecified atom stereocenters. The van der Waals surface area contributed by atoms with E-state index in [1.165, 1.54) is 3.57 Å². The Balaban J connectivity index is 2.21. The van der Waals surface area contributed by atoms with E-state index in [-0.39, 0.29) is 6.04 Å². The van der Waals surface area contributed by atoms with Gasteiger partial charge in [-0.2, -0.15) is 5.10 Å². The molecule has 2 rings (SSSR count). The molecule has 0 saturated heterocycles. The van der Waals surface area contributed by atoms with E-state index in [4.69, 9.17) is 17.3 Å². The van der Waals surface area contributed by atoms with Crippen LogP contribution in [0.4, 0.5) is 0 Å². The number of benzene rings is 1. The van der Waals surface area contributed by atoms with E-state index >= 15 is 0 Å². The molecule has 0 bridgehead atoms. The van der Waals surface area contributed by atoms with Crippen molar-refractivity contribution in [3.8, 4) is 0 Å². The summed E-state index contributed by atoms with van der Waals surface area (Å²) in [6, 6.07) is 8.18. The van der Waals surface area contributed by atoms with Crippen molar-refractivity contribution in [2.24, 2.45) is 12.8 Å². The second kappa shape index (κ2) is 5.59. The highest BCUT2D eigenvalue weighted by Crippen LogP contribution is 2.24. The predicted molar refractivity (Wildman–Crippen MR) is 82.7 cm³/mol. The number of aromatic nitrogens is 2. The molecule has 0 aliphatic rings. The maximum atomic E-state index is 6.23. The summed E-state index contributed by atoms with van der Waals surface area (Å²) in [5.41, 5.74) is 9.18. The molecule has 1 aromatic carbocycles. The molecule has 0 spiro atoms. The lowest BCUT2D eigenvalue weighted by molar-refractivity contribution is 0.640. The molecule has 96 valence electrons. The third-order valence-corrected chi connectivity index (χ3v) is 4.18. The molecule has 1 heterocycles. The summed E-state index contributed by atoms with van der Waals surface area (Å²) in [7, 11) is 1.90. The van der Waals surface area contributed by atoms with Crippen LogP contribution in [-0.4, -0.2) is 9.78 Å². The Morgan fingerprint density at radius 2 is 2.00 bits per heavy atom. The van der Waals surface area contributed by atoms with Crippen LogP contribution in [0.25, 0.3) is 0 Å². The number of halogens is 2. The van der Waals surface area contributed by atoms with Crippen molar-refractivity contribution in [3.05, 3.63) is 49.8 Å². The Hall–Kier alpha value is -0.590. The third kappa shape index (κ3) is 2.87. The van der Waals surface area contributed by atoms with Crippen LogP contribution in [-0.2, 0) is 13.5 Å². The van der Waals surface area contributed by atoms with Crippen LogP contribution in [0.3, 0.4) is 0 Å².